The van der Waals surface area contributed by atoms with E-state index in [2.05, 4.69) is 23.8 Å². The van der Waals surface area contributed by atoms with Gasteiger partial charge < -0.3 is 4.90 Å². The van der Waals surface area contributed by atoms with Crippen LogP contribution < -0.4 is 5.56 Å². The first kappa shape index (κ1) is 19.5. The third-order valence-electron chi connectivity index (χ3n) is 4.89. The van der Waals surface area contributed by atoms with Crippen LogP contribution in [0.25, 0.3) is 10.8 Å². The maximum absolute atomic E-state index is 13.2. The Bertz CT molecular complexity index is 864. The van der Waals surface area contributed by atoms with Gasteiger partial charge in [-0.15, -0.1) is 0 Å². The van der Waals surface area contributed by atoms with Crippen molar-refractivity contribution in [2.45, 2.75) is 34.2 Å². The molecule has 1 fully saturated rings. The fourth-order valence-electron chi connectivity index (χ4n) is 3.66. The zero-order chi connectivity index (χ0) is 19.6. The molecule has 0 atom stereocenters. The number of carbonyl (C=O) groups excluding carboxylic acids is 1. The number of benzene rings is 1. The summed E-state index contributed by atoms with van der Waals surface area (Å²) in [5.74, 6) is 0.823. The highest BCUT2D eigenvalue weighted by molar-refractivity contribution is 6.04. The van der Waals surface area contributed by atoms with E-state index in [4.69, 9.17) is 0 Å². The van der Waals surface area contributed by atoms with Gasteiger partial charge in [0.2, 0.25) is 0 Å². The second kappa shape index (κ2) is 8.21. The largest absolute Gasteiger partial charge is 0.335 e. The molecule has 1 aromatic carbocycles. The summed E-state index contributed by atoms with van der Waals surface area (Å²) in [6, 6.07) is 7.30. The molecule has 1 amide bonds. The fraction of sp³-hybridized carbons (Fsp3) is 0.571. The second-order valence-corrected chi connectivity index (χ2v) is 8.26. The molecule has 0 spiro atoms. The van der Waals surface area contributed by atoms with Gasteiger partial charge in [0.1, 0.15) is 0 Å². The second-order valence-electron chi connectivity index (χ2n) is 8.26. The molecule has 6 nitrogen and oxygen atoms in total. The predicted molar refractivity (Wildman–Crippen MR) is 108 cm³/mol. The number of amides is 1. The van der Waals surface area contributed by atoms with Crippen LogP contribution in [0, 0.1) is 11.8 Å². The molecular weight excluding hydrogens is 340 g/mol. The number of fused-ring (bicyclic) bond motifs is 1. The minimum absolute atomic E-state index is 0.0760. The van der Waals surface area contributed by atoms with Crippen LogP contribution in [0.3, 0.4) is 0 Å². The first-order valence-electron chi connectivity index (χ1n) is 9.88. The monoisotopic (exact) mass is 370 g/mol. The van der Waals surface area contributed by atoms with Crippen molar-refractivity contribution in [2.75, 3.05) is 32.7 Å². The van der Waals surface area contributed by atoms with E-state index >= 15 is 0 Å². The summed E-state index contributed by atoms with van der Waals surface area (Å²) >= 11 is 0. The molecule has 2 heterocycles. The highest BCUT2D eigenvalue weighted by atomic mass is 16.2. The minimum Gasteiger partial charge on any atom is -0.335 e. The summed E-state index contributed by atoms with van der Waals surface area (Å²) in [5, 5.41) is 5.70. The van der Waals surface area contributed by atoms with E-state index in [-0.39, 0.29) is 17.4 Å². The Morgan fingerprint density at radius 3 is 2.15 bits per heavy atom. The summed E-state index contributed by atoms with van der Waals surface area (Å²) in [6.07, 6.45) is 0. The number of aromatic nitrogens is 2. The molecule has 0 saturated carbocycles. The molecule has 6 heteroatoms. The number of hydrogen-bond donors (Lipinski definition) is 0. The lowest BCUT2D eigenvalue weighted by Gasteiger charge is -2.35. The number of rotatable bonds is 5. The number of piperazine rings is 1. The molecular formula is C21H30N4O2. The zero-order valence-electron chi connectivity index (χ0n) is 16.8. The van der Waals surface area contributed by atoms with Gasteiger partial charge in [0.25, 0.3) is 11.5 Å². The third-order valence-corrected chi connectivity index (χ3v) is 4.89. The Hall–Kier alpha value is -2.21. The van der Waals surface area contributed by atoms with Gasteiger partial charge in [0.05, 0.1) is 5.39 Å². The van der Waals surface area contributed by atoms with E-state index in [1.165, 1.54) is 4.68 Å². The van der Waals surface area contributed by atoms with Crippen molar-refractivity contribution < 1.29 is 4.79 Å². The van der Waals surface area contributed by atoms with Gasteiger partial charge in [-0.2, -0.15) is 5.10 Å². The lowest BCUT2D eigenvalue weighted by molar-refractivity contribution is 0.0617. The minimum atomic E-state index is -0.127. The van der Waals surface area contributed by atoms with E-state index in [0.29, 0.717) is 42.0 Å². The Labute approximate surface area is 160 Å². The van der Waals surface area contributed by atoms with Crippen LogP contribution in [0.5, 0.6) is 0 Å². The molecule has 27 heavy (non-hydrogen) atoms. The van der Waals surface area contributed by atoms with Crippen LogP contribution in [0.1, 0.15) is 38.2 Å². The van der Waals surface area contributed by atoms with Crippen LogP contribution in [-0.4, -0.2) is 58.2 Å². The van der Waals surface area contributed by atoms with E-state index in [0.717, 1.165) is 19.6 Å². The normalized spacial score (nSPS) is 15.9. The lowest BCUT2D eigenvalue weighted by Crippen LogP contribution is -2.50. The van der Waals surface area contributed by atoms with Crippen molar-refractivity contribution in [3.05, 3.63) is 40.3 Å². The number of carbonyl (C=O) groups is 1. The van der Waals surface area contributed by atoms with Gasteiger partial charge in [-0.05, 0) is 17.9 Å². The van der Waals surface area contributed by atoms with Crippen molar-refractivity contribution in [1.82, 2.24) is 19.6 Å². The van der Waals surface area contributed by atoms with Crippen molar-refractivity contribution in [2.24, 2.45) is 11.8 Å². The van der Waals surface area contributed by atoms with Gasteiger partial charge in [-0.1, -0.05) is 45.9 Å². The first-order valence-corrected chi connectivity index (χ1v) is 9.88. The molecule has 0 radical (unpaired) electrons. The highest BCUT2D eigenvalue weighted by Crippen LogP contribution is 2.17. The maximum Gasteiger partial charge on any atom is 0.275 e. The first-order chi connectivity index (χ1) is 12.9. The molecule has 0 N–H and O–H groups in total. The molecule has 1 aliphatic heterocycles. The Kier molecular flexibility index (Phi) is 5.95. The van der Waals surface area contributed by atoms with Gasteiger partial charge in [-0.25, -0.2) is 4.68 Å². The molecule has 146 valence electrons. The van der Waals surface area contributed by atoms with E-state index in [9.17, 15) is 9.59 Å². The average molecular weight is 370 g/mol. The Morgan fingerprint density at radius 2 is 1.56 bits per heavy atom. The van der Waals surface area contributed by atoms with E-state index in [1.54, 1.807) is 6.07 Å². The van der Waals surface area contributed by atoms with Crippen LogP contribution in [0.15, 0.2) is 29.1 Å². The van der Waals surface area contributed by atoms with Crippen molar-refractivity contribution in [1.29, 1.82) is 0 Å². The summed E-state index contributed by atoms with van der Waals surface area (Å²) in [7, 11) is 0. The van der Waals surface area contributed by atoms with Crippen LogP contribution in [-0.2, 0) is 6.54 Å². The molecule has 1 aliphatic rings. The van der Waals surface area contributed by atoms with Crippen molar-refractivity contribution in [3.63, 3.8) is 0 Å². The summed E-state index contributed by atoms with van der Waals surface area (Å²) in [6.45, 7) is 13.2. The predicted octanol–water partition coefficient (Wildman–Crippen LogP) is 2.47. The number of hydrogen-bond acceptors (Lipinski definition) is 4. The Balaban J connectivity index is 1.90. The topological polar surface area (TPSA) is 58.4 Å². The van der Waals surface area contributed by atoms with Crippen LogP contribution in [0.2, 0.25) is 0 Å². The Morgan fingerprint density at radius 1 is 0.963 bits per heavy atom. The quantitative estimate of drug-likeness (QED) is 0.811. The molecule has 1 aromatic heterocycles. The SMILES string of the molecule is CC(C)CN1CCN(C(=O)c2nn(CC(C)C)c(=O)c3ccccc23)CC1. The van der Waals surface area contributed by atoms with E-state index in [1.807, 2.05) is 36.9 Å². The summed E-state index contributed by atoms with van der Waals surface area (Å²) in [4.78, 5) is 30.2. The standard InChI is InChI=1S/C21H30N4O2/c1-15(2)13-23-9-11-24(12-10-23)21(27)19-17-7-5-6-8-18(17)20(26)25(22-19)14-16(3)4/h5-8,15-16H,9-14H2,1-4H3. The van der Waals surface area contributed by atoms with E-state index < -0.39 is 0 Å². The molecule has 2 aromatic rings. The van der Waals surface area contributed by atoms with Gasteiger partial charge in [0.15, 0.2) is 5.69 Å². The van der Waals surface area contributed by atoms with Gasteiger partial charge in [-0.3, -0.25) is 14.5 Å². The molecule has 0 bridgehead atoms. The smallest absolute Gasteiger partial charge is 0.275 e. The molecule has 0 unspecified atom stereocenters. The van der Waals surface area contributed by atoms with Crippen LogP contribution in [0.4, 0.5) is 0 Å². The fourth-order valence-corrected chi connectivity index (χ4v) is 3.66. The molecule has 0 aliphatic carbocycles. The summed E-state index contributed by atoms with van der Waals surface area (Å²) < 4.78 is 1.45. The number of nitrogens with zero attached hydrogens (tertiary/aromatic N) is 4. The van der Waals surface area contributed by atoms with Crippen molar-refractivity contribution in [3.8, 4) is 0 Å². The van der Waals surface area contributed by atoms with Gasteiger partial charge >= 0.3 is 0 Å². The average Bonchev–Trinajstić information content (AvgIpc) is 2.63. The third kappa shape index (κ3) is 4.38. The highest BCUT2D eigenvalue weighted by Gasteiger charge is 2.26. The molecule has 3 rings (SSSR count). The van der Waals surface area contributed by atoms with Crippen molar-refractivity contribution >= 4 is 16.7 Å². The van der Waals surface area contributed by atoms with Gasteiger partial charge in [0, 0.05) is 44.7 Å². The molecule has 1 saturated heterocycles. The lowest BCUT2D eigenvalue weighted by atomic mass is 10.1. The summed E-state index contributed by atoms with van der Waals surface area (Å²) in [5.41, 5.74) is 0.265. The maximum atomic E-state index is 13.2. The zero-order valence-corrected chi connectivity index (χ0v) is 16.8. The van der Waals surface area contributed by atoms with Crippen LogP contribution >= 0.6 is 0 Å².